The molecule has 1 aliphatic rings. The number of alkyl halides is 3. The Labute approximate surface area is 126 Å². The van der Waals surface area contributed by atoms with Gasteiger partial charge in [0.1, 0.15) is 17.2 Å². The highest BCUT2D eigenvalue weighted by Gasteiger charge is 2.38. The molecule has 120 valence electrons. The van der Waals surface area contributed by atoms with Gasteiger partial charge in [0.05, 0.1) is 0 Å². The summed E-state index contributed by atoms with van der Waals surface area (Å²) in [5, 5.41) is 0. The van der Waals surface area contributed by atoms with Crippen molar-refractivity contribution in [1.29, 1.82) is 0 Å². The van der Waals surface area contributed by atoms with Crippen LogP contribution >= 0.6 is 0 Å². The summed E-state index contributed by atoms with van der Waals surface area (Å²) in [5.74, 6) is -2.77. The van der Waals surface area contributed by atoms with E-state index in [4.69, 9.17) is 0 Å². The van der Waals surface area contributed by atoms with Gasteiger partial charge >= 0.3 is 6.18 Å². The van der Waals surface area contributed by atoms with E-state index in [1.807, 2.05) is 12.2 Å². The predicted molar refractivity (Wildman–Crippen MR) is 75.4 cm³/mol. The molecule has 1 fully saturated rings. The molecule has 1 aromatic rings. The van der Waals surface area contributed by atoms with Gasteiger partial charge in [-0.3, -0.25) is 0 Å². The van der Waals surface area contributed by atoms with Crippen molar-refractivity contribution in [3.8, 4) is 0 Å². The van der Waals surface area contributed by atoms with E-state index in [0.717, 1.165) is 25.0 Å². The monoisotopic (exact) mass is 316 g/mol. The maximum atomic E-state index is 13.6. The first kappa shape index (κ1) is 16.7. The Balaban J connectivity index is 2.15. The smallest absolute Gasteiger partial charge is 0.206 e. The fourth-order valence-corrected chi connectivity index (χ4v) is 2.98. The number of benzene rings is 1. The molecule has 5 heteroatoms. The summed E-state index contributed by atoms with van der Waals surface area (Å²) in [4.78, 5) is 0. The Morgan fingerprint density at radius 3 is 2.00 bits per heavy atom. The van der Waals surface area contributed by atoms with E-state index in [0.29, 0.717) is 24.3 Å². The average molecular weight is 316 g/mol. The van der Waals surface area contributed by atoms with Gasteiger partial charge in [0.2, 0.25) is 0 Å². The fourth-order valence-electron chi connectivity index (χ4n) is 2.98. The molecule has 22 heavy (non-hydrogen) atoms. The second-order valence-corrected chi connectivity index (χ2v) is 5.59. The molecule has 0 N–H and O–H groups in total. The zero-order valence-electron chi connectivity index (χ0n) is 12.0. The molecule has 0 atom stereocenters. The molecule has 0 spiro atoms. The van der Waals surface area contributed by atoms with Gasteiger partial charge in [-0.25, -0.2) is 8.78 Å². The van der Waals surface area contributed by atoms with E-state index in [-0.39, 0.29) is 5.92 Å². The minimum absolute atomic E-state index is 0.0975. The summed E-state index contributed by atoms with van der Waals surface area (Å²) in [6, 6.07) is 1.66. The van der Waals surface area contributed by atoms with Crippen LogP contribution in [0.2, 0.25) is 0 Å². The molecule has 1 saturated carbocycles. The van der Waals surface area contributed by atoms with Crippen molar-refractivity contribution in [3.63, 3.8) is 0 Å². The summed E-state index contributed by atoms with van der Waals surface area (Å²) in [6.45, 7) is 3.59. The van der Waals surface area contributed by atoms with E-state index < -0.39 is 23.4 Å². The lowest BCUT2D eigenvalue weighted by Gasteiger charge is -2.27. The van der Waals surface area contributed by atoms with E-state index >= 15 is 0 Å². The quantitative estimate of drug-likeness (QED) is 0.474. The lowest BCUT2D eigenvalue weighted by molar-refractivity contribution is -0.142. The Morgan fingerprint density at radius 1 is 1.00 bits per heavy atom. The van der Waals surface area contributed by atoms with Gasteiger partial charge in [0.25, 0.3) is 0 Å². The van der Waals surface area contributed by atoms with Gasteiger partial charge < -0.3 is 0 Å². The molecule has 0 amide bonds. The molecular formula is C17H17F5. The fraction of sp³-hybridized carbons (Fsp3) is 0.412. The minimum Gasteiger partial charge on any atom is -0.206 e. The Kier molecular flexibility index (Phi) is 5.04. The first-order valence-electron chi connectivity index (χ1n) is 7.18. The molecule has 0 radical (unpaired) electrons. The predicted octanol–water partition coefficient (Wildman–Crippen LogP) is 6.00. The van der Waals surface area contributed by atoms with Gasteiger partial charge in [-0.05, 0) is 55.2 Å². The molecule has 1 aromatic carbocycles. The zero-order chi connectivity index (χ0) is 16.3. The molecule has 0 nitrogen and oxygen atoms in total. The molecule has 0 aliphatic heterocycles. The maximum absolute atomic E-state index is 13.6. The standard InChI is InChI=1S/C17H17F5/c1-2-3-4-11-5-7-12(8-6-11)13-9-14(18)16(15(19)10-13)17(20,21)22/h2-4,9-12H,1,5-8H2/b4-3+. The molecule has 2 rings (SSSR count). The highest BCUT2D eigenvalue weighted by molar-refractivity contribution is 5.31. The van der Waals surface area contributed by atoms with Crippen molar-refractivity contribution in [2.45, 2.75) is 37.8 Å². The molecular weight excluding hydrogens is 299 g/mol. The maximum Gasteiger partial charge on any atom is 0.422 e. The average Bonchev–Trinajstić information content (AvgIpc) is 2.43. The minimum atomic E-state index is -5.01. The summed E-state index contributed by atoms with van der Waals surface area (Å²) in [7, 11) is 0. The summed E-state index contributed by atoms with van der Waals surface area (Å²) in [5.41, 5.74) is -1.49. The Morgan fingerprint density at radius 2 is 1.55 bits per heavy atom. The largest absolute Gasteiger partial charge is 0.422 e. The molecule has 0 bridgehead atoms. The van der Waals surface area contributed by atoms with Crippen molar-refractivity contribution in [3.05, 3.63) is 59.7 Å². The normalized spacial score (nSPS) is 23.0. The van der Waals surface area contributed by atoms with Gasteiger partial charge in [0.15, 0.2) is 0 Å². The van der Waals surface area contributed by atoms with Gasteiger partial charge in [-0.2, -0.15) is 13.2 Å². The first-order chi connectivity index (χ1) is 10.3. The number of hydrogen-bond donors (Lipinski definition) is 0. The van der Waals surface area contributed by atoms with Crippen molar-refractivity contribution in [2.75, 3.05) is 0 Å². The lowest BCUT2D eigenvalue weighted by atomic mass is 9.78. The van der Waals surface area contributed by atoms with Crippen molar-refractivity contribution in [2.24, 2.45) is 5.92 Å². The second kappa shape index (κ2) is 6.63. The zero-order valence-corrected chi connectivity index (χ0v) is 12.0. The Hall–Kier alpha value is -1.65. The molecule has 0 heterocycles. The number of allylic oxidation sites excluding steroid dienone is 3. The molecule has 0 aromatic heterocycles. The van der Waals surface area contributed by atoms with Crippen LogP contribution in [0, 0.1) is 17.6 Å². The molecule has 0 saturated heterocycles. The van der Waals surface area contributed by atoms with E-state index in [9.17, 15) is 22.0 Å². The third kappa shape index (κ3) is 3.76. The summed E-state index contributed by atoms with van der Waals surface area (Å²) in [6.07, 6.45) is 3.68. The number of halogens is 5. The van der Waals surface area contributed by atoms with Crippen molar-refractivity contribution in [1.82, 2.24) is 0 Å². The van der Waals surface area contributed by atoms with Crippen molar-refractivity contribution < 1.29 is 22.0 Å². The molecule has 0 unspecified atom stereocenters. The van der Waals surface area contributed by atoms with Gasteiger partial charge in [-0.15, -0.1) is 0 Å². The Bertz CT molecular complexity index is 540. The second-order valence-electron chi connectivity index (χ2n) is 5.59. The third-order valence-electron chi connectivity index (χ3n) is 4.11. The van der Waals surface area contributed by atoms with E-state index in [1.165, 1.54) is 0 Å². The molecule has 1 aliphatic carbocycles. The van der Waals surface area contributed by atoms with Crippen LogP contribution in [0.5, 0.6) is 0 Å². The van der Waals surface area contributed by atoms with Crippen molar-refractivity contribution >= 4 is 0 Å². The first-order valence-corrected chi connectivity index (χ1v) is 7.18. The lowest BCUT2D eigenvalue weighted by Crippen LogP contribution is -2.15. The SMILES string of the molecule is C=C/C=C/C1CCC(c2cc(F)c(C(F)(F)F)c(F)c2)CC1. The van der Waals surface area contributed by atoms with Gasteiger partial charge in [-0.1, -0.05) is 24.8 Å². The number of hydrogen-bond acceptors (Lipinski definition) is 0. The van der Waals surface area contributed by atoms with Crippen LogP contribution < -0.4 is 0 Å². The summed E-state index contributed by atoms with van der Waals surface area (Å²) < 4.78 is 64.9. The highest BCUT2D eigenvalue weighted by Crippen LogP contribution is 2.39. The van der Waals surface area contributed by atoms with Crippen LogP contribution in [-0.2, 0) is 6.18 Å². The van der Waals surface area contributed by atoms with Gasteiger partial charge in [0, 0.05) is 0 Å². The van der Waals surface area contributed by atoms with Crippen LogP contribution in [-0.4, -0.2) is 0 Å². The van der Waals surface area contributed by atoms with Crippen LogP contribution in [0.25, 0.3) is 0 Å². The van der Waals surface area contributed by atoms with E-state index in [1.54, 1.807) is 6.08 Å². The number of rotatable bonds is 3. The highest BCUT2D eigenvalue weighted by atomic mass is 19.4. The van der Waals surface area contributed by atoms with E-state index in [2.05, 4.69) is 6.58 Å². The van der Waals surface area contributed by atoms with Crippen LogP contribution in [0.1, 0.15) is 42.7 Å². The van der Waals surface area contributed by atoms with Crippen LogP contribution in [0.3, 0.4) is 0 Å². The van der Waals surface area contributed by atoms with Crippen LogP contribution in [0.15, 0.2) is 36.9 Å². The summed E-state index contributed by atoms with van der Waals surface area (Å²) >= 11 is 0. The van der Waals surface area contributed by atoms with Crippen LogP contribution in [0.4, 0.5) is 22.0 Å². The third-order valence-corrected chi connectivity index (χ3v) is 4.11. The topological polar surface area (TPSA) is 0 Å².